The van der Waals surface area contributed by atoms with Crippen LogP contribution in [0.25, 0.3) is 0 Å². The molecule has 0 fully saturated rings. The largest absolute Gasteiger partial charge is 0.384 e. The highest BCUT2D eigenvalue weighted by molar-refractivity contribution is 5.76. The van der Waals surface area contributed by atoms with Gasteiger partial charge in [-0.15, -0.1) is 6.58 Å². The van der Waals surface area contributed by atoms with Gasteiger partial charge in [-0.05, 0) is 17.5 Å². The van der Waals surface area contributed by atoms with Crippen LogP contribution in [0.5, 0.6) is 0 Å². The first-order chi connectivity index (χ1) is 8.65. The molecule has 3 nitrogen and oxygen atoms in total. The number of hydrogen-bond donors (Lipinski definition) is 2. The van der Waals surface area contributed by atoms with Crippen molar-refractivity contribution < 1.29 is 4.79 Å². The summed E-state index contributed by atoms with van der Waals surface area (Å²) in [6, 6.07) is 8.21. The van der Waals surface area contributed by atoms with Crippen molar-refractivity contribution in [3.05, 3.63) is 42.5 Å². The molecule has 1 aromatic rings. The van der Waals surface area contributed by atoms with Gasteiger partial charge in [0.15, 0.2) is 0 Å². The van der Waals surface area contributed by atoms with Crippen LogP contribution in [0, 0.1) is 0 Å². The van der Waals surface area contributed by atoms with Crippen LogP contribution in [-0.4, -0.2) is 19.0 Å². The summed E-state index contributed by atoms with van der Waals surface area (Å²) in [5.41, 5.74) is 2.40. The van der Waals surface area contributed by atoms with E-state index in [4.69, 9.17) is 0 Å². The van der Waals surface area contributed by atoms with Gasteiger partial charge in [0.2, 0.25) is 5.91 Å². The van der Waals surface area contributed by atoms with E-state index in [1.54, 1.807) is 6.08 Å². The summed E-state index contributed by atoms with van der Waals surface area (Å²) < 4.78 is 0. The van der Waals surface area contributed by atoms with E-state index in [2.05, 4.69) is 43.2 Å². The van der Waals surface area contributed by atoms with Crippen LogP contribution in [0.1, 0.15) is 31.7 Å². The average Bonchev–Trinajstić information content (AvgIpc) is 2.36. The molecule has 0 saturated heterocycles. The zero-order chi connectivity index (χ0) is 13.4. The van der Waals surface area contributed by atoms with E-state index in [0.717, 1.165) is 5.69 Å². The second-order valence-corrected chi connectivity index (χ2v) is 4.51. The Morgan fingerprint density at radius 3 is 2.78 bits per heavy atom. The van der Waals surface area contributed by atoms with Gasteiger partial charge in [-0.25, -0.2) is 0 Å². The molecule has 0 saturated carbocycles. The molecule has 0 aliphatic heterocycles. The van der Waals surface area contributed by atoms with Crippen molar-refractivity contribution in [1.29, 1.82) is 0 Å². The van der Waals surface area contributed by atoms with Crippen LogP contribution in [0.3, 0.4) is 0 Å². The number of amides is 1. The SMILES string of the molecule is C=CCNC(=O)CCNc1ccccc1C(C)C. The summed E-state index contributed by atoms with van der Waals surface area (Å²) in [5.74, 6) is 0.521. The lowest BCUT2D eigenvalue weighted by atomic mass is 10.0. The maximum Gasteiger partial charge on any atom is 0.222 e. The fourth-order valence-corrected chi connectivity index (χ4v) is 1.75. The number of hydrogen-bond acceptors (Lipinski definition) is 2. The van der Waals surface area contributed by atoms with E-state index in [1.165, 1.54) is 5.56 Å². The van der Waals surface area contributed by atoms with E-state index < -0.39 is 0 Å². The van der Waals surface area contributed by atoms with Crippen molar-refractivity contribution in [3.8, 4) is 0 Å². The molecule has 0 atom stereocenters. The van der Waals surface area contributed by atoms with Crippen molar-refractivity contribution in [2.45, 2.75) is 26.2 Å². The van der Waals surface area contributed by atoms with Gasteiger partial charge in [-0.1, -0.05) is 38.1 Å². The second-order valence-electron chi connectivity index (χ2n) is 4.51. The Morgan fingerprint density at radius 1 is 1.39 bits per heavy atom. The van der Waals surface area contributed by atoms with Gasteiger partial charge in [-0.3, -0.25) is 4.79 Å². The van der Waals surface area contributed by atoms with Gasteiger partial charge in [0, 0.05) is 25.2 Å². The lowest BCUT2D eigenvalue weighted by Gasteiger charge is -2.14. The summed E-state index contributed by atoms with van der Waals surface area (Å²) >= 11 is 0. The molecule has 0 unspecified atom stereocenters. The molecule has 0 radical (unpaired) electrons. The summed E-state index contributed by atoms with van der Waals surface area (Å²) in [4.78, 5) is 11.4. The second kappa shape index (κ2) is 7.54. The lowest BCUT2D eigenvalue weighted by molar-refractivity contribution is -0.120. The van der Waals surface area contributed by atoms with Crippen molar-refractivity contribution >= 4 is 11.6 Å². The summed E-state index contributed by atoms with van der Waals surface area (Å²) in [7, 11) is 0. The molecule has 1 aromatic carbocycles. The molecule has 98 valence electrons. The van der Waals surface area contributed by atoms with Crippen LogP contribution in [0.4, 0.5) is 5.69 Å². The highest BCUT2D eigenvalue weighted by Crippen LogP contribution is 2.23. The first kappa shape index (κ1) is 14.3. The standard InChI is InChI=1S/C15H22N2O/c1-4-10-17-15(18)9-11-16-14-8-6-5-7-13(14)12(2)3/h4-8,12,16H,1,9-11H2,2-3H3,(H,17,18). The molecule has 0 aliphatic carbocycles. The smallest absolute Gasteiger partial charge is 0.222 e. The van der Waals surface area contributed by atoms with Crippen molar-refractivity contribution in [2.75, 3.05) is 18.4 Å². The fraction of sp³-hybridized carbons (Fsp3) is 0.400. The Bertz CT molecular complexity index is 399. The predicted molar refractivity (Wildman–Crippen MR) is 76.8 cm³/mol. The molecule has 0 heterocycles. The number of carbonyl (C=O) groups is 1. The van der Waals surface area contributed by atoms with Crippen LogP contribution in [0.15, 0.2) is 36.9 Å². The van der Waals surface area contributed by atoms with Crippen LogP contribution >= 0.6 is 0 Å². The Labute approximate surface area is 109 Å². The van der Waals surface area contributed by atoms with E-state index in [1.807, 2.05) is 12.1 Å². The molecular weight excluding hydrogens is 224 g/mol. The summed E-state index contributed by atoms with van der Waals surface area (Å²) in [5, 5.41) is 6.07. The number of benzene rings is 1. The molecule has 18 heavy (non-hydrogen) atoms. The molecule has 0 bridgehead atoms. The van der Waals surface area contributed by atoms with Crippen molar-refractivity contribution in [1.82, 2.24) is 5.32 Å². The van der Waals surface area contributed by atoms with Gasteiger partial charge < -0.3 is 10.6 Å². The van der Waals surface area contributed by atoms with Crippen molar-refractivity contribution in [3.63, 3.8) is 0 Å². The molecular formula is C15H22N2O. The third-order valence-electron chi connectivity index (χ3n) is 2.69. The molecule has 2 N–H and O–H groups in total. The van der Waals surface area contributed by atoms with Gasteiger partial charge >= 0.3 is 0 Å². The molecule has 0 aromatic heterocycles. The first-order valence-electron chi connectivity index (χ1n) is 6.35. The monoisotopic (exact) mass is 246 g/mol. The average molecular weight is 246 g/mol. The predicted octanol–water partition coefficient (Wildman–Crippen LogP) is 2.91. The Kier molecular flexibility index (Phi) is 5.98. The zero-order valence-corrected chi connectivity index (χ0v) is 11.2. The normalized spacial score (nSPS) is 10.2. The topological polar surface area (TPSA) is 41.1 Å². The highest BCUT2D eigenvalue weighted by atomic mass is 16.1. The van der Waals surface area contributed by atoms with E-state index in [-0.39, 0.29) is 5.91 Å². The lowest BCUT2D eigenvalue weighted by Crippen LogP contribution is -2.25. The summed E-state index contributed by atoms with van der Waals surface area (Å²) in [6.07, 6.45) is 2.15. The number of nitrogens with one attached hydrogen (secondary N) is 2. The quantitative estimate of drug-likeness (QED) is 0.726. The maximum atomic E-state index is 11.4. The minimum atomic E-state index is 0.0458. The first-order valence-corrected chi connectivity index (χ1v) is 6.35. The van der Waals surface area contributed by atoms with Crippen molar-refractivity contribution in [2.24, 2.45) is 0 Å². The number of carbonyl (C=O) groups excluding carboxylic acids is 1. The van der Waals surface area contributed by atoms with Gasteiger partial charge in [0.05, 0.1) is 0 Å². The van der Waals surface area contributed by atoms with Gasteiger partial charge in [0.1, 0.15) is 0 Å². The van der Waals surface area contributed by atoms with Crippen LogP contribution < -0.4 is 10.6 Å². The maximum absolute atomic E-state index is 11.4. The summed E-state index contributed by atoms with van der Waals surface area (Å²) in [6.45, 7) is 9.06. The minimum absolute atomic E-state index is 0.0458. The highest BCUT2D eigenvalue weighted by Gasteiger charge is 2.05. The molecule has 1 amide bonds. The molecule has 0 aliphatic rings. The fourth-order valence-electron chi connectivity index (χ4n) is 1.75. The minimum Gasteiger partial charge on any atom is -0.384 e. The van der Waals surface area contributed by atoms with Crippen LogP contribution in [-0.2, 0) is 4.79 Å². The third kappa shape index (κ3) is 4.62. The van der Waals surface area contributed by atoms with E-state index in [9.17, 15) is 4.79 Å². The molecule has 3 heteroatoms. The van der Waals surface area contributed by atoms with E-state index in [0.29, 0.717) is 25.4 Å². The molecule has 0 spiro atoms. The number of anilines is 1. The van der Waals surface area contributed by atoms with Crippen LogP contribution in [0.2, 0.25) is 0 Å². The Hall–Kier alpha value is -1.77. The Balaban J connectivity index is 2.44. The number of rotatable bonds is 7. The number of para-hydroxylation sites is 1. The van der Waals surface area contributed by atoms with Gasteiger partial charge in [-0.2, -0.15) is 0 Å². The Morgan fingerprint density at radius 2 is 2.11 bits per heavy atom. The van der Waals surface area contributed by atoms with Gasteiger partial charge in [0.25, 0.3) is 0 Å². The third-order valence-corrected chi connectivity index (χ3v) is 2.69. The molecule has 1 rings (SSSR count). The van der Waals surface area contributed by atoms with E-state index >= 15 is 0 Å². The zero-order valence-electron chi connectivity index (χ0n) is 11.2.